The van der Waals surface area contributed by atoms with Crippen LogP contribution in [-0.2, 0) is 4.79 Å². The van der Waals surface area contributed by atoms with Crippen molar-refractivity contribution < 1.29 is 14.3 Å². The van der Waals surface area contributed by atoms with Crippen LogP contribution < -0.4 is 10.1 Å². The summed E-state index contributed by atoms with van der Waals surface area (Å²) in [4.78, 5) is 27.5. The standard InChI is InChI=1S/C26H36N2O3/c1-16(2)22-12-9-19(7)13-24(22)31-15-25(29)27-23-14-21(11-10-20(23)8)26(30)28(17(3)4)18(5)6/h9-14,16-18H,15H2,1-8H3,(H,27,29). The molecule has 0 fully saturated rings. The van der Waals surface area contributed by atoms with Crippen molar-refractivity contribution in [3.63, 3.8) is 0 Å². The van der Waals surface area contributed by atoms with Crippen LogP contribution in [0.5, 0.6) is 5.75 Å². The van der Waals surface area contributed by atoms with Gasteiger partial charge in [0, 0.05) is 23.3 Å². The van der Waals surface area contributed by atoms with Crippen LogP contribution in [0.3, 0.4) is 0 Å². The van der Waals surface area contributed by atoms with Crippen molar-refractivity contribution in [2.45, 2.75) is 73.4 Å². The van der Waals surface area contributed by atoms with E-state index < -0.39 is 0 Å². The minimum absolute atomic E-state index is 0.0434. The minimum Gasteiger partial charge on any atom is -0.483 e. The number of nitrogens with one attached hydrogen (secondary N) is 1. The van der Waals surface area contributed by atoms with Gasteiger partial charge in [-0.3, -0.25) is 9.59 Å². The molecule has 31 heavy (non-hydrogen) atoms. The van der Waals surface area contributed by atoms with E-state index in [0.717, 1.165) is 22.4 Å². The molecule has 0 radical (unpaired) electrons. The van der Waals surface area contributed by atoms with E-state index in [1.165, 1.54) is 0 Å². The van der Waals surface area contributed by atoms with E-state index >= 15 is 0 Å². The van der Waals surface area contributed by atoms with Crippen LogP contribution in [0, 0.1) is 13.8 Å². The second-order valence-corrected chi connectivity index (χ2v) is 8.96. The number of ether oxygens (including phenoxy) is 1. The fraction of sp³-hybridized carbons (Fsp3) is 0.462. The Morgan fingerprint density at radius 2 is 1.58 bits per heavy atom. The summed E-state index contributed by atoms with van der Waals surface area (Å²) in [5, 5.41) is 2.90. The zero-order valence-electron chi connectivity index (χ0n) is 20.1. The highest BCUT2D eigenvalue weighted by atomic mass is 16.5. The van der Waals surface area contributed by atoms with E-state index in [0.29, 0.717) is 17.2 Å². The number of hydrogen-bond acceptors (Lipinski definition) is 3. The Morgan fingerprint density at radius 1 is 0.935 bits per heavy atom. The number of carbonyl (C=O) groups excluding carboxylic acids is 2. The van der Waals surface area contributed by atoms with E-state index in [9.17, 15) is 9.59 Å². The zero-order valence-corrected chi connectivity index (χ0v) is 20.1. The van der Waals surface area contributed by atoms with Gasteiger partial charge in [-0.15, -0.1) is 0 Å². The topological polar surface area (TPSA) is 58.6 Å². The summed E-state index contributed by atoms with van der Waals surface area (Å²) in [5.74, 6) is 0.732. The molecule has 168 valence electrons. The summed E-state index contributed by atoms with van der Waals surface area (Å²) in [5.41, 5.74) is 4.24. The van der Waals surface area contributed by atoms with Gasteiger partial charge in [-0.25, -0.2) is 0 Å². The first-order valence-corrected chi connectivity index (χ1v) is 11.0. The van der Waals surface area contributed by atoms with Crippen LogP contribution in [0.25, 0.3) is 0 Å². The third kappa shape index (κ3) is 6.33. The van der Waals surface area contributed by atoms with E-state index in [1.54, 1.807) is 6.07 Å². The van der Waals surface area contributed by atoms with Gasteiger partial charge in [-0.05, 0) is 82.3 Å². The first-order valence-electron chi connectivity index (χ1n) is 11.0. The SMILES string of the molecule is Cc1ccc(C(C)C)c(OCC(=O)Nc2cc(C(=O)N(C(C)C)C(C)C)ccc2C)c1. The monoisotopic (exact) mass is 424 g/mol. The molecule has 0 spiro atoms. The molecule has 0 unspecified atom stereocenters. The van der Waals surface area contributed by atoms with Crippen LogP contribution in [-0.4, -0.2) is 35.4 Å². The predicted octanol–water partition coefficient (Wildman–Crippen LogP) is 5.70. The number of carbonyl (C=O) groups is 2. The first-order chi connectivity index (χ1) is 14.5. The number of nitrogens with zero attached hydrogens (tertiary/aromatic N) is 1. The molecular formula is C26H36N2O3. The van der Waals surface area contributed by atoms with Crippen LogP contribution >= 0.6 is 0 Å². The van der Waals surface area contributed by atoms with Crippen LogP contribution in [0.2, 0.25) is 0 Å². The molecule has 0 saturated carbocycles. The number of rotatable bonds is 8. The van der Waals surface area contributed by atoms with Crippen molar-refractivity contribution in [3.05, 3.63) is 58.7 Å². The molecule has 1 N–H and O–H groups in total. The van der Waals surface area contributed by atoms with Gasteiger partial charge in [0.15, 0.2) is 6.61 Å². The zero-order chi connectivity index (χ0) is 23.3. The summed E-state index contributed by atoms with van der Waals surface area (Å²) in [6, 6.07) is 11.6. The minimum atomic E-state index is -0.256. The molecule has 0 heterocycles. The van der Waals surface area contributed by atoms with Crippen molar-refractivity contribution in [1.29, 1.82) is 0 Å². The van der Waals surface area contributed by atoms with Crippen LogP contribution in [0.1, 0.15) is 74.5 Å². The molecule has 2 amide bonds. The Kier molecular flexibility index (Phi) is 8.26. The quantitative estimate of drug-likeness (QED) is 0.591. The summed E-state index contributed by atoms with van der Waals surface area (Å²) >= 11 is 0. The molecule has 0 atom stereocenters. The Labute approximate surface area is 186 Å². The molecule has 5 heteroatoms. The van der Waals surface area contributed by atoms with Crippen molar-refractivity contribution >= 4 is 17.5 Å². The maximum absolute atomic E-state index is 13.0. The highest BCUT2D eigenvalue weighted by molar-refractivity contribution is 5.98. The van der Waals surface area contributed by atoms with Crippen molar-refractivity contribution in [2.75, 3.05) is 11.9 Å². The van der Waals surface area contributed by atoms with E-state index in [2.05, 4.69) is 19.2 Å². The lowest BCUT2D eigenvalue weighted by Crippen LogP contribution is -2.42. The van der Waals surface area contributed by atoms with E-state index in [4.69, 9.17) is 4.74 Å². The van der Waals surface area contributed by atoms with E-state index in [-0.39, 0.29) is 30.5 Å². The highest BCUT2D eigenvalue weighted by Gasteiger charge is 2.22. The van der Waals surface area contributed by atoms with Gasteiger partial charge in [0.1, 0.15) is 5.75 Å². The van der Waals surface area contributed by atoms with Crippen molar-refractivity contribution in [2.24, 2.45) is 0 Å². The van der Waals surface area contributed by atoms with Gasteiger partial charge in [-0.2, -0.15) is 0 Å². The Balaban J connectivity index is 2.15. The molecule has 0 aliphatic heterocycles. The number of hydrogen-bond donors (Lipinski definition) is 1. The largest absolute Gasteiger partial charge is 0.483 e. The second kappa shape index (κ2) is 10.5. The summed E-state index contributed by atoms with van der Waals surface area (Å²) in [6.45, 7) is 16.0. The lowest BCUT2D eigenvalue weighted by atomic mass is 10.0. The molecule has 0 saturated heterocycles. The summed E-state index contributed by atoms with van der Waals surface area (Å²) < 4.78 is 5.84. The Bertz CT molecular complexity index is 924. The lowest BCUT2D eigenvalue weighted by molar-refractivity contribution is -0.118. The molecule has 2 aromatic rings. The summed E-state index contributed by atoms with van der Waals surface area (Å²) in [7, 11) is 0. The second-order valence-electron chi connectivity index (χ2n) is 8.96. The number of amides is 2. The molecule has 0 aromatic heterocycles. The molecule has 0 bridgehead atoms. The third-order valence-corrected chi connectivity index (χ3v) is 5.26. The Hall–Kier alpha value is -2.82. The maximum Gasteiger partial charge on any atom is 0.262 e. The lowest BCUT2D eigenvalue weighted by Gasteiger charge is -2.31. The van der Waals surface area contributed by atoms with Crippen molar-refractivity contribution in [3.8, 4) is 5.75 Å². The predicted molar refractivity (Wildman–Crippen MR) is 127 cm³/mol. The Morgan fingerprint density at radius 3 is 2.16 bits per heavy atom. The van der Waals surface area contributed by atoms with Crippen LogP contribution in [0.4, 0.5) is 5.69 Å². The van der Waals surface area contributed by atoms with Gasteiger partial charge in [0.25, 0.3) is 11.8 Å². The first kappa shape index (κ1) is 24.4. The third-order valence-electron chi connectivity index (χ3n) is 5.26. The number of benzene rings is 2. The molecule has 5 nitrogen and oxygen atoms in total. The average Bonchev–Trinajstić information content (AvgIpc) is 2.67. The molecule has 0 aliphatic carbocycles. The molecule has 2 aromatic carbocycles. The van der Waals surface area contributed by atoms with Gasteiger partial charge in [0.05, 0.1) is 0 Å². The number of anilines is 1. The van der Waals surface area contributed by atoms with E-state index in [1.807, 2.05) is 76.8 Å². The van der Waals surface area contributed by atoms with Crippen LogP contribution in [0.15, 0.2) is 36.4 Å². The number of aryl methyl sites for hydroxylation is 2. The van der Waals surface area contributed by atoms with Crippen molar-refractivity contribution in [1.82, 2.24) is 4.90 Å². The van der Waals surface area contributed by atoms with Gasteiger partial charge < -0.3 is 15.0 Å². The molecular weight excluding hydrogens is 388 g/mol. The average molecular weight is 425 g/mol. The van der Waals surface area contributed by atoms with Gasteiger partial charge in [0.2, 0.25) is 0 Å². The fourth-order valence-electron chi connectivity index (χ4n) is 3.68. The summed E-state index contributed by atoms with van der Waals surface area (Å²) in [6.07, 6.45) is 0. The maximum atomic E-state index is 13.0. The fourth-order valence-corrected chi connectivity index (χ4v) is 3.68. The molecule has 2 rings (SSSR count). The van der Waals surface area contributed by atoms with Gasteiger partial charge >= 0.3 is 0 Å². The van der Waals surface area contributed by atoms with Gasteiger partial charge in [-0.1, -0.05) is 32.0 Å². The smallest absolute Gasteiger partial charge is 0.262 e. The highest BCUT2D eigenvalue weighted by Crippen LogP contribution is 2.27. The normalized spacial score (nSPS) is 11.2. The molecule has 0 aliphatic rings.